The van der Waals surface area contributed by atoms with Gasteiger partial charge in [0, 0.05) is 12.2 Å². The second kappa shape index (κ2) is 7.13. The first-order chi connectivity index (χ1) is 11.6. The van der Waals surface area contributed by atoms with Crippen molar-refractivity contribution in [2.45, 2.75) is 31.3 Å². The van der Waals surface area contributed by atoms with E-state index in [1.54, 1.807) is 4.90 Å². The molecule has 6 heteroatoms. The number of hydrogen-bond donors (Lipinski definition) is 1. The van der Waals surface area contributed by atoms with Crippen LogP contribution in [0.25, 0.3) is 5.69 Å². The van der Waals surface area contributed by atoms with Gasteiger partial charge in [0.25, 0.3) is 0 Å². The predicted octanol–water partition coefficient (Wildman–Crippen LogP) is 2.83. The quantitative estimate of drug-likeness (QED) is 0.929. The minimum absolute atomic E-state index is 0.0390. The molecule has 1 atom stereocenters. The van der Waals surface area contributed by atoms with E-state index in [9.17, 15) is 9.59 Å². The fraction of sp³-hybridized carbons (Fsp3) is 0.333. The van der Waals surface area contributed by atoms with Crippen LogP contribution in [0.1, 0.15) is 20.3 Å². The number of nitrogens with zero attached hydrogens (tertiary/aromatic N) is 2. The molecule has 1 aromatic carbocycles. The summed E-state index contributed by atoms with van der Waals surface area (Å²) < 4.78 is 2.06. The number of anilines is 1. The van der Waals surface area contributed by atoms with Gasteiger partial charge in [-0.25, -0.2) is 0 Å². The van der Waals surface area contributed by atoms with Crippen LogP contribution < -0.4 is 10.2 Å². The molecular formula is C18H21N3O2S. The van der Waals surface area contributed by atoms with Crippen molar-refractivity contribution in [3.05, 3.63) is 42.6 Å². The predicted molar refractivity (Wildman–Crippen MR) is 96.7 cm³/mol. The lowest BCUT2D eigenvalue weighted by Gasteiger charge is -2.28. The van der Waals surface area contributed by atoms with Crippen LogP contribution in [0.3, 0.4) is 0 Å². The Hall–Kier alpha value is -2.21. The Bertz CT molecular complexity index is 756. The molecule has 0 fully saturated rings. The van der Waals surface area contributed by atoms with E-state index in [1.165, 1.54) is 11.8 Å². The molecule has 0 radical (unpaired) electrons. The van der Waals surface area contributed by atoms with E-state index in [2.05, 4.69) is 9.88 Å². The second-order valence-corrected chi connectivity index (χ2v) is 6.85. The Morgan fingerprint density at radius 3 is 2.75 bits per heavy atom. The average Bonchev–Trinajstić information content (AvgIpc) is 3.04. The zero-order chi connectivity index (χ0) is 17.1. The van der Waals surface area contributed by atoms with Crippen LogP contribution in [0.15, 0.2) is 47.6 Å². The molecule has 2 aromatic rings. The van der Waals surface area contributed by atoms with Gasteiger partial charge in [-0.05, 0) is 37.6 Å². The Balaban J connectivity index is 1.95. The topological polar surface area (TPSA) is 54.3 Å². The standard InChI is InChI=1S/C18H21N3O2S/c1-3-13(2)19-16(22)11-21-15-8-5-4-7-14(15)20-10-6-9-18(20)24-12-17(21)23/h4-10,13H,3,11-12H2,1-2H3,(H,19,22)/t13-/m0/s1. The lowest BCUT2D eigenvalue weighted by atomic mass is 10.2. The minimum Gasteiger partial charge on any atom is -0.352 e. The van der Waals surface area contributed by atoms with E-state index >= 15 is 0 Å². The molecule has 0 bridgehead atoms. The number of carbonyl (C=O) groups is 2. The molecule has 3 rings (SSSR count). The van der Waals surface area contributed by atoms with E-state index in [-0.39, 0.29) is 24.4 Å². The third-order valence-electron chi connectivity index (χ3n) is 4.11. The molecule has 126 valence electrons. The zero-order valence-electron chi connectivity index (χ0n) is 13.9. The molecule has 0 unspecified atom stereocenters. The first-order valence-electron chi connectivity index (χ1n) is 8.09. The molecular weight excluding hydrogens is 322 g/mol. The van der Waals surface area contributed by atoms with Gasteiger partial charge in [-0.1, -0.05) is 30.8 Å². The third-order valence-corrected chi connectivity index (χ3v) is 5.13. The summed E-state index contributed by atoms with van der Waals surface area (Å²) in [5.74, 6) is 0.125. The number of hydrogen-bond acceptors (Lipinski definition) is 3. The maximum absolute atomic E-state index is 12.7. The Morgan fingerprint density at radius 2 is 2.00 bits per heavy atom. The van der Waals surface area contributed by atoms with E-state index < -0.39 is 0 Å². The number of thioether (sulfide) groups is 1. The number of fused-ring (bicyclic) bond motifs is 3. The highest BCUT2D eigenvalue weighted by Gasteiger charge is 2.25. The molecule has 5 nitrogen and oxygen atoms in total. The lowest BCUT2D eigenvalue weighted by Crippen LogP contribution is -2.44. The molecule has 1 aromatic heterocycles. The highest BCUT2D eigenvalue weighted by molar-refractivity contribution is 7.99. The Labute approximate surface area is 146 Å². The number of rotatable bonds is 4. The van der Waals surface area contributed by atoms with Crippen LogP contribution in [0, 0.1) is 0 Å². The first kappa shape index (κ1) is 16.6. The van der Waals surface area contributed by atoms with Gasteiger partial charge in [-0.3, -0.25) is 9.59 Å². The number of aromatic nitrogens is 1. The maximum atomic E-state index is 12.7. The first-order valence-corrected chi connectivity index (χ1v) is 9.08. The Kier molecular flexibility index (Phi) is 4.94. The fourth-order valence-corrected chi connectivity index (χ4v) is 3.57. The highest BCUT2D eigenvalue weighted by atomic mass is 32.2. The molecule has 2 amide bonds. The lowest BCUT2D eigenvalue weighted by molar-refractivity contribution is -0.123. The second-order valence-electron chi connectivity index (χ2n) is 5.85. The van der Waals surface area contributed by atoms with Crippen LogP contribution in [-0.4, -0.2) is 34.7 Å². The van der Waals surface area contributed by atoms with Crippen LogP contribution in [0.2, 0.25) is 0 Å². The van der Waals surface area contributed by atoms with Crippen LogP contribution >= 0.6 is 11.8 Å². The van der Waals surface area contributed by atoms with E-state index in [1.807, 2.05) is 56.4 Å². The fourth-order valence-electron chi connectivity index (χ4n) is 2.67. The number of amides is 2. The highest BCUT2D eigenvalue weighted by Crippen LogP contribution is 2.32. The molecule has 1 aliphatic heterocycles. The summed E-state index contributed by atoms with van der Waals surface area (Å²) >= 11 is 1.49. The van der Waals surface area contributed by atoms with Crippen molar-refractivity contribution >= 4 is 29.3 Å². The van der Waals surface area contributed by atoms with Crippen LogP contribution in [0.5, 0.6) is 0 Å². The smallest absolute Gasteiger partial charge is 0.240 e. The number of para-hydroxylation sites is 2. The van der Waals surface area contributed by atoms with Crippen molar-refractivity contribution in [3.8, 4) is 5.69 Å². The van der Waals surface area contributed by atoms with Gasteiger partial charge in [-0.15, -0.1) is 0 Å². The maximum Gasteiger partial charge on any atom is 0.240 e. The summed E-state index contributed by atoms with van der Waals surface area (Å²) in [6.45, 7) is 4.02. The van der Waals surface area contributed by atoms with Crippen molar-refractivity contribution in [1.29, 1.82) is 0 Å². The van der Waals surface area contributed by atoms with Crippen molar-refractivity contribution in [2.75, 3.05) is 17.2 Å². The van der Waals surface area contributed by atoms with Gasteiger partial charge in [0.2, 0.25) is 11.8 Å². The van der Waals surface area contributed by atoms with Gasteiger partial charge in [0.15, 0.2) is 0 Å². The molecule has 0 spiro atoms. The summed E-state index contributed by atoms with van der Waals surface area (Å²) in [6, 6.07) is 11.8. The summed E-state index contributed by atoms with van der Waals surface area (Å²) in [4.78, 5) is 26.6. The van der Waals surface area contributed by atoms with Crippen LogP contribution in [0.4, 0.5) is 5.69 Å². The average molecular weight is 343 g/mol. The summed E-state index contributed by atoms with van der Waals surface area (Å²) in [5.41, 5.74) is 1.67. The number of nitrogens with one attached hydrogen (secondary N) is 1. The number of carbonyl (C=O) groups excluding carboxylic acids is 2. The van der Waals surface area contributed by atoms with E-state index in [0.717, 1.165) is 22.8 Å². The van der Waals surface area contributed by atoms with Gasteiger partial charge in [0.1, 0.15) is 6.54 Å². The molecule has 2 heterocycles. The number of benzene rings is 1. The van der Waals surface area contributed by atoms with Gasteiger partial charge >= 0.3 is 0 Å². The van der Waals surface area contributed by atoms with Gasteiger partial charge in [-0.2, -0.15) is 0 Å². The zero-order valence-corrected chi connectivity index (χ0v) is 14.7. The van der Waals surface area contributed by atoms with E-state index in [0.29, 0.717) is 5.75 Å². The molecule has 0 saturated heterocycles. The minimum atomic E-state index is -0.134. The van der Waals surface area contributed by atoms with Crippen molar-refractivity contribution < 1.29 is 9.59 Å². The Morgan fingerprint density at radius 1 is 1.25 bits per heavy atom. The summed E-state index contributed by atoms with van der Waals surface area (Å²) in [5, 5.41) is 3.96. The largest absolute Gasteiger partial charge is 0.352 e. The molecule has 1 N–H and O–H groups in total. The summed E-state index contributed by atoms with van der Waals surface area (Å²) in [6.07, 6.45) is 2.84. The normalized spacial score (nSPS) is 15.1. The van der Waals surface area contributed by atoms with E-state index in [4.69, 9.17) is 0 Å². The summed E-state index contributed by atoms with van der Waals surface area (Å²) in [7, 11) is 0. The molecule has 1 aliphatic rings. The third kappa shape index (κ3) is 3.33. The molecule has 0 aliphatic carbocycles. The molecule has 0 saturated carbocycles. The van der Waals surface area contributed by atoms with Gasteiger partial charge in [0.05, 0.1) is 22.2 Å². The van der Waals surface area contributed by atoms with Crippen molar-refractivity contribution in [1.82, 2.24) is 9.88 Å². The molecule has 24 heavy (non-hydrogen) atoms. The van der Waals surface area contributed by atoms with Gasteiger partial charge < -0.3 is 14.8 Å². The van der Waals surface area contributed by atoms with Crippen LogP contribution in [-0.2, 0) is 9.59 Å². The SMILES string of the molecule is CC[C@H](C)NC(=O)CN1C(=O)CSc2cccn2-c2ccccc21. The monoisotopic (exact) mass is 343 g/mol. The van der Waals surface area contributed by atoms with Crippen molar-refractivity contribution in [2.24, 2.45) is 0 Å². The van der Waals surface area contributed by atoms with Crippen molar-refractivity contribution in [3.63, 3.8) is 0 Å².